The summed E-state index contributed by atoms with van der Waals surface area (Å²) in [5, 5.41) is 3.00. The number of carbonyl (C=O) groups is 1. The van der Waals surface area contributed by atoms with E-state index in [2.05, 4.69) is 15.2 Å². The number of para-hydroxylation sites is 1. The minimum Gasteiger partial charge on any atom is -0.372 e. The molecule has 1 aliphatic rings. The number of nitrogens with zero attached hydrogens (tertiary/aromatic N) is 2. The first-order valence-electron chi connectivity index (χ1n) is 9.30. The molecule has 0 spiro atoms. The number of benzene rings is 1. The molecule has 26 heavy (non-hydrogen) atoms. The third-order valence-electron chi connectivity index (χ3n) is 4.80. The van der Waals surface area contributed by atoms with E-state index in [1.165, 1.54) is 0 Å². The van der Waals surface area contributed by atoms with Crippen molar-refractivity contribution < 1.29 is 9.53 Å². The highest BCUT2D eigenvalue weighted by Gasteiger charge is 2.20. The van der Waals surface area contributed by atoms with Crippen LogP contribution in [0.25, 0.3) is 0 Å². The fourth-order valence-corrected chi connectivity index (χ4v) is 3.17. The highest BCUT2D eigenvalue weighted by molar-refractivity contribution is 5.91. The number of aromatic nitrogens is 1. The van der Waals surface area contributed by atoms with Crippen LogP contribution in [0.4, 0.5) is 5.69 Å². The molecular formula is C21H27N3O2. The highest BCUT2D eigenvalue weighted by Crippen LogP contribution is 2.16. The van der Waals surface area contributed by atoms with Gasteiger partial charge in [0.1, 0.15) is 0 Å². The van der Waals surface area contributed by atoms with Gasteiger partial charge in [-0.2, -0.15) is 0 Å². The first-order chi connectivity index (χ1) is 12.7. The Morgan fingerprint density at radius 2 is 1.96 bits per heavy atom. The second-order valence-corrected chi connectivity index (χ2v) is 6.79. The van der Waals surface area contributed by atoms with Crippen LogP contribution in [-0.2, 0) is 16.1 Å². The predicted octanol–water partition coefficient (Wildman–Crippen LogP) is 3.40. The smallest absolute Gasteiger partial charge is 0.225 e. The van der Waals surface area contributed by atoms with Crippen molar-refractivity contribution in [2.24, 2.45) is 0 Å². The molecule has 3 rings (SSSR count). The summed E-state index contributed by atoms with van der Waals surface area (Å²) in [7, 11) is 0. The number of pyridine rings is 1. The molecule has 1 fully saturated rings. The molecule has 0 saturated carbocycles. The molecule has 138 valence electrons. The average molecular weight is 353 g/mol. The van der Waals surface area contributed by atoms with Crippen LogP contribution in [0.2, 0.25) is 0 Å². The van der Waals surface area contributed by atoms with E-state index in [0.29, 0.717) is 13.0 Å². The van der Waals surface area contributed by atoms with Crippen LogP contribution < -0.4 is 5.32 Å². The van der Waals surface area contributed by atoms with Crippen molar-refractivity contribution in [2.75, 3.05) is 25.0 Å². The second kappa shape index (κ2) is 9.46. The first kappa shape index (κ1) is 18.5. The number of carbonyl (C=O) groups excluding carboxylic acids is 1. The van der Waals surface area contributed by atoms with Gasteiger partial charge in [0.25, 0.3) is 0 Å². The van der Waals surface area contributed by atoms with Crippen LogP contribution in [0, 0.1) is 6.92 Å². The molecule has 0 aliphatic carbocycles. The van der Waals surface area contributed by atoms with Crippen molar-refractivity contribution in [3.63, 3.8) is 0 Å². The van der Waals surface area contributed by atoms with Crippen LogP contribution in [0.3, 0.4) is 0 Å². The summed E-state index contributed by atoms with van der Waals surface area (Å²) in [4.78, 5) is 18.8. The molecule has 1 saturated heterocycles. The Balaban J connectivity index is 1.34. The van der Waals surface area contributed by atoms with Gasteiger partial charge in [-0.15, -0.1) is 0 Å². The maximum atomic E-state index is 12.2. The maximum Gasteiger partial charge on any atom is 0.225 e. The lowest BCUT2D eigenvalue weighted by Crippen LogP contribution is -2.38. The second-order valence-electron chi connectivity index (χ2n) is 6.79. The molecule has 5 nitrogen and oxygen atoms in total. The zero-order chi connectivity index (χ0) is 18.2. The molecule has 1 aliphatic heterocycles. The molecule has 1 N–H and O–H groups in total. The van der Waals surface area contributed by atoms with Crippen LogP contribution in [0.15, 0.2) is 48.7 Å². The molecule has 5 heteroatoms. The largest absolute Gasteiger partial charge is 0.372 e. The van der Waals surface area contributed by atoms with Gasteiger partial charge < -0.3 is 15.0 Å². The third kappa shape index (κ3) is 5.64. The number of likely N-dealkylation sites (tertiary alicyclic amines) is 1. The monoisotopic (exact) mass is 353 g/mol. The number of amides is 1. The molecule has 1 aromatic heterocycles. The number of aryl methyl sites for hydroxylation is 1. The number of hydrogen-bond donors (Lipinski definition) is 1. The van der Waals surface area contributed by atoms with Gasteiger partial charge in [0.15, 0.2) is 0 Å². The van der Waals surface area contributed by atoms with E-state index in [1.807, 2.05) is 49.4 Å². The lowest BCUT2D eigenvalue weighted by atomic mass is 10.1. The molecule has 0 radical (unpaired) electrons. The van der Waals surface area contributed by atoms with E-state index in [1.54, 1.807) is 6.20 Å². The Morgan fingerprint density at radius 1 is 1.19 bits per heavy atom. The summed E-state index contributed by atoms with van der Waals surface area (Å²) in [6.07, 6.45) is 4.62. The van der Waals surface area contributed by atoms with Crippen molar-refractivity contribution in [1.29, 1.82) is 0 Å². The fourth-order valence-electron chi connectivity index (χ4n) is 3.17. The molecule has 2 aromatic rings. The molecule has 1 amide bonds. The van der Waals surface area contributed by atoms with Crippen LogP contribution in [0.1, 0.15) is 30.5 Å². The van der Waals surface area contributed by atoms with Crippen molar-refractivity contribution in [2.45, 2.75) is 38.9 Å². The van der Waals surface area contributed by atoms with Gasteiger partial charge >= 0.3 is 0 Å². The zero-order valence-corrected chi connectivity index (χ0v) is 15.4. The number of hydrogen-bond acceptors (Lipinski definition) is 4. The van der Waals surface area contributed by atoms with Gasteiger partial charge in [0.05, 0.1) is 18.4 Å². The standard InChI is InChI=1S/C21H27N3O2/c1-17-6-2-3-8-20(17)23-21(25)11-15-24-13-9-19(10-14-24)26-16-18-7-4-5-12-22-18/h2-8,12,19H,9-11,13-16H2,1H3,(H,23,25). The highest BCUT2D eigenvalue weighted by atomic mass is 16.5. The Bertz CT molecular complexity index is 697. The van der Waals surface area contributed by atoms with E-state index < -0.39 is 0 Å². The van der Waals surface area contributed by atoms with Gasteiger partial charge in [-0.3, -0.25) is 9.78 Å². The normalized spacial score (nSPS) is 15.7. The van der Waals surface area contributed by atoms with Crippen molar-refractivity contribution >= 4 is 11.6 Å². The van der Waals surface area contributed by atoms with Gasteiger partial charge in [-0.05, 0) is 43.5 Å². The minimum absolute atomic E-state index is 0.0767. The van der Waals surface area contributed by atoms with Gasteiger partial charge in [0.2, 0.25) is 5.91 Å². The van der Waals surface area contributed by atoms with E-state index in [-0.39, 0.29) is 12.0 Å². The lowest BCUT2D eigenvalue weighted by Gasteiger charge is -2.31. The topological polar surface area (TPSA) is 54.5 Å². The molecule has 0 bridgehead atoms. The van der Waals surface area contributed by atoms with Crippen LogP contribution in [0.5, 0.6) is 0 Å². The van der Waals surface area contributed by atoms with Gasteiger partial charge in [0, 0.05) is 37.9 Å². The predicted molar refractivity (Wildman–Crippen MR) is 103 cm³/mol. The number of piperidine rings is 1. The summed E-state index contributed by atoms with van der Waals surface area (Å²) in [5.74, 6) is 0.0767. The first-order valence-corrected chi connectivity index (χ1v) is 9.30. The SMILES string of the molecule is Cc1ccccc1NC(=O)CCN1CCC(OCc2ccccn2)CC1. The summed E-state index contributed by atoms with van der Waals surface area (Å²) in [6.45, 7) is 5.33. The fraction of sp³-hybridized carbons (Fsp3) is 0.429. The van der Waals surface area contributed by atoms with E-state index in [9.17, 15) is 4.79 Å². The lowest BCUT2D eigenvalue weighted by molar-refractivity contribution is -0.116. The molecule has 0 atom stereocenters. The summed E-state index contributed by atoms with van der Waals surface area (Å²) < 4.78 is 5.97. The van der Waals surface area contributed by atoms with Crippen LogP contribution in [-0.4, -0.2) is 41.5 Å². The zero-order valence-electron chi connectivity index (χ0n) is 15.4. The summed E-state index contributed by atoms with van der Waals surface area (Å²) in [5.41, 5.74) is 2.97. The van der Waals surface area contributed by atoms with Crippen molar-refractivity contribution in [1.82, 2.24) is 9.88 Å². The third-order valence-corrected chi connectivity index (χ3v) is 4.80. The Labute approximate surface area is 155 Å². The average Bonchev–Trinajstić information content (AvgIpc) is 2.68. The summed E-state index contributed by atoms with van der Waals surface area (Å²) in [6, 6.07) is 13.8. The quantitative estimate of drug-likeness (QED) is 0.829. The summed E-state index contributed by atoms with van der Waals surface area (Å²) >= 11 is 0. The Morgan fingerprint density at radius 3 is 2.69 bits per heavy atom. The number of anilines is 1. The number of ether oxygens (including phenoxy) is 1. The van der Waals surface area contributed by atoms with Crippen LogP contribution >= 0.6 is 0 Å². The molecule has 0 unspecified atom stereocenters. The number of nitrogens with one attached hydrogen (secondary N) is 1. The van der Waals surface area contributed by atoms with Gasteiger partial charge in [-0.1, -0.05) is 24.3 Å². The van der Waals surface area contributed by atoms with Crippen molar-refractivity contribution in [3.05, 3.63) is 59.9 Å². The minimum atomic E-state index is 0.0767. The Hall–Kier alpha value is -2.24. The maximum absolute atomic E-state index is 12.2. The number of rotatable bonds is 7. The molecule has 2 heterocycles. The van der Waals surface area contributed by atoms with E-state index in [0.717, 1.165) is 49.4 Å². The molecular weight excluding hydrogens is 326 g/mol. The molecule has 1 aromatic carbocycles. The van der Waals surface area contributed by atoms with Crippen molar-refractivity contribution in [3.8, 4) is 0 Å². The van der Waals surface area contributed by atoms with E-state index >= 15 is 0 Å². The van der Waals surface area contributed by atoms with Gasteiger partial charge in [-0.25, -0.2) is 0 Å². The Kier molecular flexibility index (Phi) is 6.75. The van der Waals surface area contributed by atoms with E-state index in [4.69, 9.17) is 4.74 Å².